The van der Waals surface area contributed by atoms with E-state index in [2.05, 4.69) is 96.3 Å². The Morgan fingerprint density at radius 1 is 0.667 bits per heavy atom. The van der Waals surface area contributed by atoms with Crippen LogP contribution in [0.3, 0.4) is 0 Å². The maximum atomic E-state index is 5.10. The van der Waals surface area contributed by atoms with E-state index in [0.717, 1.165) is 58.8 Å². The normalized spacial score (nSPS) is 15.4. The summed E-state index contributed by atoms with van der Waals surface area (Å²) in [5.74, 6) is 0.584. The minimum absolute atomic E-state index is 0.0299. The Bertz CT molecular complexity index is 1600. The number of hydrogen-bond donors (Lipinski definition) is 0. The molecule has 6 rings (SSSR count). The predicted octanol–water partition coefficient (Wildman–Crippen LogP) is 8.94. The quantitative estimate of drug-likeness (QED) is 0.193. The zero-order valence-corrected chi connectivity index (χ0v) is 23.7. The molecule has 7 heteroatoms. The molecule has 4 nitrogen and oxygen atoms in total. The van der Waals surface area contributed by atoms with E-state index in [1.807, 2.05) is 53.5 Å². The first-order valence-corrected chi connectivity index (χ1v) is 13.8. The van der Waals surface area contributed by atoms with Gasteiger partial charge in [0, 0.05) is 30.8 Å². The van der Waals surface area contributed by atoms with Gasteiger partial charge in [-0.3, -0.25) is 0 Å². The Morgan fingerprint density at radius 2 is 1.42 bits per heavy atom. The topological polar surface area (TPSA) is 41.4 Å². The Labute approximate surface area is 234 Å². The number of benzene rings is 4. The predicted molar refractivity (Wildman–Crippen MR) is 157 cm³/mol. The number of nitrogens with zero attached hydrogens (tertiary/aromatic N) is 4. The highest BCUT2D eigenvalue weighted by Gasteiger charge is 2.32. The monoisotopic (exact) mass is 660 g/mol. The molecular formula is C29H19Br3N4. The van der Waals surface area contributed by atoms with E-state index in [-0.39, 0.29) is 6.04 Å². The van der Waals surface area contributed by atoms with Crippen molar-refractivity contribution in [2.45, 2.75) is 12.5 Å². The average molecular weight is 663 g/mol. The SMILES string of the molecule is Brc1ccc(C2=NN(c3nc(-c4ccccc4)c4cc(Br)ccc4n3)C(c3cccc(Br)c3)C2)cc1. The summed E-state index contributed by atoms with van der Waals surface area (Å²) in [6, 6.07) is 33.0. The van der Waals surface area contributed by atoms with Gasteiger partial charge in [0.15, 0.2) is 0 Å². The highest BCUT2D eigenvalue weighted by atomic mass is 79.9. The highest BCUT2D eigenvalue weighted by molar-refractivity contribution is 9.11. The van der Waals surface area contributed by atoms with E-state index in [9.17, 15) is 0 Å². The number of aromatic nitrogens is 2. The van der Waals surface area contributed by atoms with Crippen molar-refractivity contribution in [2.75, 3.05) is 5.01 Å². The maximum Gasteiger partial charge on any atom is 0.247 e. The zero-order valence-electron chi connectivity index (χ0n) is 18.9. The van der Waals surface area contributed by atoms with Gasteiger partial charge in [0.1, 0.15) is 0 Å². The standard InChI is InChI=1S/C29H19Br3N4/c30-21-11-9-18(10-12-21)26-17-27(20-7-4-8-22(31)15-20)36(35-26)29-33-25-14-13-23(32)16-24(25)28(34-29)19-5-2-1-3-6-19/h1-16,27H,17H2. The van der Waals surface area contributed by atoms with Crippen LogP contribution in [0, 0.1) is 0 Å². The number of hydrogen-bond acceptors (Lipinski definition) is 4. The Kier molecular flexibility index (Phi) is 6.46. The van der Waals surface area contributed by atoms with Crippen LogP contribution in [0.25, 0.3) is 22.2 Å². The van der Waals surface area contributed by atoms with E-state index < -0.39 is 0 Å². The molecule has 0 radical (unpaired) electrons. The molecule has 0 bridgehead atoms. The van der Waals surface area contributed by atoms with Crippen LogP contribution in [0.2, 0.25) is 0 Å². The van der Waals surface area contributed by atoms with E-state index in [0.29, 0.717) is 5.95 Å². The van der Waals surface area contributed by atoms with Gasteiger partial charge in [-0.1, -0.05) is 102 Å². The summed E-state index contributed by atoms with van der Waals surface area (Å²) in [4.78, 5) is 10.1. The van der Waals surface area contributed by atoms with Gasteiger partial charge in [-0.2, -0.15) is 5.10 Å². The van der Waals surface area contributed by atoms with Crippen LogP contribution in [0.4, 0.5) is 5.95 Å². The van der Waals surface area contributed by atoms with E-state index in [1.54, 1.807) is 0 Å². The molecule has 4 aromatic carbocycles. The molecule has 1 aromatic heterocycles. The van der Waals surface area contributed by atoms with Crippen molar-refractivity contribution in [3.63, 3.8) is 0 Å². The first-order chi connectivity index (χ1) is 17.5. The van der Waals surface area contributed by atoms with Crippen molar-refractivity contribution < 1.29 is 0 Å². The summed E-state index contributed by atoms with van der Waals surface area (Å²) in [7, 11) is 0. The number of rotatable bonds is 4. The van der Waals surface area contributed by atoms with Crippen molar-refractivity contribution >= 4 is 70.4 Å². The second kappa shape index (κ2) is 9.88. The molecule has 1 aliphatic rings. The zero-order chi connectivity index (χ0) is 24.6. The van der Waals surface area contributed by atoms with Gasteiger partial charge in [-0.25, -0.2) is 15.0 Å². The van der Waals surface area contributed by atoms with Gasteiger partial charge in [-0.15, -0.1) is 0 Å². The molecule has 0 aliphatic carbocycles. The lowest BCUT2D eigenvalue weighted by Gasteiger charge is -2.23. The van der Waals surface area contributed by atoms with Gasteiger partial charge < -0.3 is 0 Å². The first kappa shape index (κ1) is 23.5. The second-order valence-electron chi connectivity index (χ2n) is 8.57. The van der Waals surface area contributed by atoms with Crippen LogP contribution in [-0.2, 0) is 0 Å². The number of anilines is 1. The molecule has 0 N–H and O–H groups in total. The smallest absolute Gasteiger partial charge is 0.223 e. The summed E-state index contributed by atoms with van der Waals surface area (Å²) < 4.78 is 3.07. The summed E-state index contributed by atoms with van der Waals surface area (Å²) >= 11 is 10.8. The first-order valence-electron chi connectivity index (χ1n) is 11.5. The molecule has 36 heavy (non-hydrogen) atoms. The molecule has 0 fully saturated rings. The molecule has 0 amide bonds. The van der Waals surface area contributed by atoms with Crippen molar-refractivity contribution in [1.29, 1.82) is 0 Å². The minimum Gasteiger partial charge on any atom is -0.223 e. The molecule has 1 aliphatic heterocycles. The van der Waals surface area contributed by atoms with Crippen LogP contribution in [0.15, 0.2) is 116 Å². The number of hydrazone groups is 1. The third kappa shape index (κ3) is 4.63. The molecule has 1 atom stereocenters. The Morgan fingerprint density at radius 3 is 2.19 bits per heavy atom. The molecule has 0 saturated heterocycles. The third-order valence-corrected chi connectivity index (χ3v) is 7.73. The fourth-order valence-electron chi connectivity index (χ4n) is 4.49. The molecule has 0 saturated carbocycles. The lowest BCUT2D eigenvalue weighted by atomic mass is 9.98. The lowest BCUT2D eigenvalue weighted by Crippen LogP contribution is -2.21. The van der Waals surface area contributed by atoms with Crippen LogP contribution in [0.5, 0.6) is 0 Å². The lowest BCUT2D eigenvalue weighted by molar-refractivity contribution is 0.688. The number of halogens is 3. The molecule has 0 spiro atoms. The molecule has 5 aromatic rings. The Balaban J connectivity index is 1.54. The largest absolute Gasteiger partial charge is 0.247 e. The van der Waals surface area contributed by atoms with E-state index >= 15 is 0 Å². The average Bonchev–Trinajstić information content (AvgIpc) is 3.35. The molecule has 2 heterocycles. The summed E-state index contributed by atoms with van der Waals surface area (Å²) in [6.07, 6.45) is 0.750. The van der Waals surface area contributed by atoms with Crippen LogP contribution in [0.1, 0.15) is 23.6 Å². The summed E-state index contributed by atoms with van der Waals surface area (Å²) in [5, 5.41) is 8.06. The van der Waals surface area contributed by atoms with Gasteiger partial charge in [-0.05, 0) is 53.6 Å². The van der Waals surface area contributed by atoms with Crippen molar-refractivity contribution in [2.24, 2.45) is 5.10 Å². The van der Waals surface area contributed by atoms with Crippen LogP contribution >= 0.6 is 47.8 Å². The van der Waals surface area contributed by atoms with Crippen molar-refractivity contribution in [3.8, 4) is 11.3 Å². The van der Waals surface area contributed by atoms with Crippen molar-refractivity contribution in [1.82, 2.24) is 9.97 Å². The maximum absolute atomic E-state index is 5.10. The van der Waals surface area contributed by atoms with Crippen LogP contribution in [-0.4, -0.2) is 15.7 Å². The van der Waals surface area contributed by atoms with Crippen molar-refractivity contribution in [3.05, 3.63) is 122 Å². The molecule has 176 valence electrons. The highest BCUT2D eigenvalue weighted by Crippen LogP contribution is 2.38. The van der Waals surface area contributed by atoms with Crippen LogP contribution < -0.4 is 5.01 Å². The summed E-state index contributed by atoms with van der Waals surface area (Å²) in [6.45, 7) is 0. The van der Waals surface area contributed by atoms with Gasteiger partial charge in [0.05, 0.1) is 23.0 Å². The molecular weight excluding hydrogens is 644 g/mol. The summed E-state index contributed by atoms with van der Waals surface area (Å²) in [5.41, 5.74) is 6.06. The molecule has 1 unspecified atom stereocenters. The Hall–Kier alpha value is -2.87. The van der Waals surface area contributed by atoms with E-state index in [1.165, 1.54) is 0 Å². The minimum atomic E-state index is -0.0299. The fourth-order valence-corrected chi connectivity index (χ4v) is 5.53. The second-order valence-corrected chi connectivity index (χ2v) is 11.3. The van der Waals surface area contributed by atoms with E-state index in [4.69, 9.17) is 15.1 Å². The van der Waals surface area contributed by atoms with Gasteiger partial charge >= 0.3 is 0 Å². The fraction of sp³-hybridized carbons (Fsp3) is 0.0690. The number of fused-ring (bicyclic) bond motifs is 1. The van der Waals surface area contributed by atoms with Gasteiger partial charge in [0.25, 0.3) is 0 Å². The van der Waals surface area contributed by atoms with Gasteiger partial charge in [0.2, 0.25) is 5.95 Å². The third-order valence-electron chi connectivity index (χ3n) is 6.22.